The van der Waals surface area contributed by atoms with Crippen molar-refractivity contribution in [1.29, 1.82) is 0 Å². The molecule has 0 saturated heterocycles. The maximum atomic E-state index is 12.3. The van der Waals surface area contributed by atoms with Gasteiger partial charge in [-0.25, -0.2) is 4.79 Å². The van der Waals surface area contributed by atoms with E-state index in [0.717, 1.165) is 23.0 Å². The monoisotopic (exact) mass is 554 g/mol. The predicted octanol–water partition coefficient (Wildman–Crippen LogP) is 5.24. The van der Waals surface area contributed by atoms with Gasteiger partial charge in [-0.15, -0.1) is 13.2 Å². The van der Waals surface area contributed by atoms with Gasteiger partial charge in [0, 0.05) is 17.8 Å². The van der Waals surface area contributed by atoms with E-state index in [1.54, 1.807) is 0 Å². The molecule has 0 amide bonds. The first kappa shape index (κ1) is 25.9. The molecular formula is C23H15Cl2F3N4O5. The minimum Gasteiger partial charge on any atom is -0.508 e. The predicted molar refractivity (Wildman–Crippen MR) is 129 cm³/mol. The number of nitrogens with zero attached hydrogens (tertiary/aromatic N) is 2. The maximum absolute atomic E-state index is 12.3. The second-order valence-corrected chi connectivity index (χ2v) is 8.22. The Hall–Kier alpha value is -4.16. The summed E-state index contributed by atoms with van der Waals surface area (Å²) < 4.78 is 47.4. The van der Waals surface area contributed by atoms with E-state index < -0.39 is 17.6 Å². The number of aromatic hydroxyl groups is 1. The number of benzene rings is 3. The Morgan fingerprint density at radius 2 is 1.65 bits per heavy atom. The SMILES string of the molecule is O=c1cnn(-c2cc(Cl)c(Oc3ccc(O)c(CNc4ccc(OC(F)(F)F)cc4)c3)c(Cl)c2)c(=O)[nH]1. The highest BCUT2D eigenvalue weighted by molar-refractivity contribution is 6.37. The van der Waals surface area contributed by atoms with Crippen molar-refractivity contribution in [2.24, 2.45) is 0 Å². The van der Waals surface area contributed by atoms with E-state index in [1.807, 2.05) is 0 Å². The highest BCUT2D eigenvalue weighted by Gasteiger charge is 2.30. The van der Waals surface area contributed by atoms with Gasteiger partial charge < -0.3 is 19.9 Å². The molecule has 0 atom stereocenters. The van der Waals surface area contributed by atoms with Gasteiger partial charge in [0.2, 0.25) is 0 Å². The number of phenolic OH excluding ortho intramolecular Hbond substituents is 1. The second kappa shape index (κ2) is 10.4. The van der Waals surface area contributed by atoms with Crippen LogP contribution in [0.5, 0.6) is 23.0 Å². The van der Waals surface area contributed by atoms with Gasteiger partial charge in [0.1, 0.15) is 23.4 Å². The average Bonchev–Trinajstić information content (AvgIpc) is 2.81. The third-order valence-corrected chi connectivity index (χ3v) is 5.34. The number of rotatable bonds is 7. The van der Waals surface area contributed by atoms with Gasteiger partial charge in [-0.1, -0.05) is 23.2 Å². The summed E-state index contributed by atoms with van der Waals surface area (Å²) >= 11 is 12.6. The number of H-pyrrole nitrogens is 1. The van der Waals surface area contributed by atoms with Crippen LogP contribution >= 0.6 is 23.2 Å². The largest absolute Gasteiger partial charge is 0.573 e. The first-order valence-corrected chi connectivity index (χ1v) is 11.0. The van der Waals surface area contributed by atoms with E-state index in [9.17, 15) is 27.9 Å². The molecule has 9 nitrogen and oxygen atoms in total. The number of nitrogens with one attached hydrogen (secondary N) is 2. The fraction of sp³-hybridized carbons (Fsp3) is 0.0870. The van der Waals surface area contributed by atoms with Crippen LogP contribution in [0.25, 0.3) is 5.69 Å². The number of halogens is 5. The summed E-state index contributed by atoms with van der Waals surface area (Å²) in [6.07, 6.45) is -3.87. The molecule has 1 heterocycles. The molecule has 0 aliphatic heterocycles. The summed E-state index contributed by atoms with van der Waals surface area (Å²) in [6, 6.07) is 12.2. The van der Waals surface area contributed by atoms with E-state index in [-0.39, 0.29) is 45.3 Å². The molecule has 14 heteroatoms. The summed E-state index contributed by atoms with van der Waals surface area (Å²) in [5, 5.41) is 17.0. The van der Waals surface area contributed by atoms with E-state index in [2.05, 4.69) is 20.1 Å². The smallest absolute Gasteiger partial charge is 0.508 e. The van der Waals surface area contributed by atoms with Crippen LogP contribution in [0.3, 0.4) is 0 Å². The number of ether oxygens (including phenoxy) is 2. The van der Waals surface area contributed by atoms with Gasteiger partial charge >= 0.3 is 12.1 Å². The summed E-state index contributed by atoms with van der Waals surface area (Å²) in [5.74, 6) is -0.0981. The van der Waals surface area contributed by atoms with Crippen molar-refractivity contribution in [3.05, 3.63) is 97.2 Å². The van der Waals surface area contributed by atoms with Gasteiger partial charge in [-0.3, -0.25) is 9.78 Å². The zero-order chi connectivity index (χ0) is 26.7. The molecule has 0 bridgehead atoms. The molecule has 4 rings (SSSR count). The fourth-order valence-corrected chi connectivity index (χ4v) is 3.71. The maximum Gasteiger partial charge on any atom is 0.573 e. The molecule has 1 aromatic heterocycles. The molecule has 0 fully saturated rings. The van der Waals surface area contributed by atoms with Crippen molar-refractivity contribution in [1.82, 2.24) is 14.8 Å². The minimum absolute atomic E-state index is 0.0383. The molecular weight excluding hydrogens is 540 g/mol. The zero-order valence-corrected chi connectivity index (χ0v) is 19.9. The van der Waals surface area contributed by atoms with Crippen LogP contribution in [-0.2, 0) is 6.54 Å². The van der Waals surface area contributed by atoms with Crippen LogP contribution in [0.1, 0.15) is 5.56 Å². The lowest BCUT2D eigenvalue weighted by molar-refractivity contribution is -0.274. The van der Waals surface area contributed by atoms with E-state index in [0.29, 0.717) is 11.3 Å². The third-order valence-electron chi connectivity index (χ3n) is 4.78. The van der Waals surface area contributed by atoms with E-state index in [1.165, 1.54) is 42.5 Å². The number of aromatic nitrogens is 3. The van der Waals surface area contributed by atoms with E-state index >= 15 is 0 Å². The summed E-state index contributed by atoms with van der Waals surface area (Å²) in [5.41, 5.74) is -0.380. The Bertz CT molecular complexity index is 1530. The lowest BCUT2D eigenvalue weighted by Crippen LogP contribution is -2.30. The second-order valence-electron chi connectivity index (χ2n) is 7.41. The number of anilines is 1. The molecule has 37 heavy (non-hydrogen) atoms. The van der Waals surface area contributed by atoms with Crippen molar-refractivity contribution < 1.29 is 27.8 Å². The number of aromatic amines is 1. The first-order valence-electron chi connectivity index (χ1n) is 10.3. The summed E-state index contributed by atoms with van der Waals surface area (Å²) in [6.45, 7) is 0.101. The quantitative estimate of drug-likeness (QED) is 0.286. The lowest BCUT2D eigenvalue weighted by atomic mass is 10.2. The summed E-state index contributed by atoms with van der Waals surface area (Å²) in [4.78, 5) is 25.3. The lowest BCUT2D eigenvalue weighted by Gasteiger charge is -2.14. The van der Waals surface area contributed by atoms with Crippen LogP contribution < -0.4 is 26.0 Å². The van der Waals surface area contributed by atoms with Crippen LogP contribution in [0.15, 0.2) is 70.4 Å². The Morgan fingerprint density at radius 3 is 2.27 bits per heavy atom. The molecule has 192 valence electrons. The van der Waals surface area contributed by atoms with E-state index in [4.69, 9.17) is 27.9 Å². The number of phenols is 1. The normalized spacial score (nSPS) is 11.3. The highest BCUT2D eigenvalue weighted by atomic mass is 35.5. The van der Waals surface area contributed by atoms with Crippen LogP contribution in [0.2, 0.25) is 10.0 Å². The molecule has 0 spiro atoms. The van der Waals surface area contributed by atoms with Crippen molar-refractivity contribution in [2.45, 2.75) is 12.9 Å². The highest BCUT2D eigenvalue weighted by Crippen LogP contribution is 2.39. The molecule has 3 N–H and O–H groups in total. The van der Waals surface area contributed by atoms with Crippen molar-refractivity contribution in [2.75, 3.05) is 5.32 Å². The minimum atomic E-state index is -4.79. The Balaban J connectivity index is 1.50. The topological polar surface area (TPSA) is 118 Å². The zero-order valence-electron chi connectivity index (χ0n) is 18.3. The standard InChI is InChI=1S/C23H15Cl2F3N4O5/c24-17-8-14(32-22(35)31-20(34)11-30-32)9-18(25)21(17)36-16-5-6-19(33)12(7-16)10-29-13-1-3-15(4-2-13)37-23(26,27)28/h1-9,11,29,33H,10H2,(H,31,34,35). The molecule has 0 saturated carbocycles. The first-order chi connectivity index (χ1) is 17.5. The van der Waals surface area contributed by atoms with Gasteiger partial charge in [0.25, 0.3) is 5.56 Å². The molecule has 0 radical (unpaired) electrons. The molecule has 4 aromatic rings. The van der Waals surface area contributed by atoms with Crippen molar-refractivity contribution in [3.8, 4) is 28.7 Å². The Kier molecular flexibility index (Phi) is 7.32. The van der Waals surface area contributed by atoms with Gasteiger partial charge in [0.15, 0.2) is 5.75 Å². The fourth-order valence-electron chi connectivity index (χ4n) is 3.16. The molecule has 0 aliphatic carbocycles. The Morgan fingerprint density at radius 1 is 1.00 bits per heavy atom. The summed E-state index contributed by atoms with van der Waals surface area (Å²) in [7, 11) is 0. The Labute approximate surface area is 215 Å². The van der Waals surface area contributed by atoms with Crippen molar-refractivity contribution in [3.63, 3.8) is 0 Å². The van der Waals surface area contributed by atoms with Crippen LogP contribution in [0.4, 0.5) is 18.9 Å². The van der Waals surface area contributed by atoms with Crippen molar-refractivity contribution >= 4 is 28.9 Å². The van der Waals surface area contributed by atoms with Crippen LogP contribution in [0, 0.1) is 0 Å². The third kappa shape index (κ3) is 6.54. The number of hydrogen-bond acceptors (Lipinski definition) is 7. The van der Waals surface area contributed by atoms with Gasteiger partial charge in [-0.05, 0) is 54.6 Å². The molecule has 3 aromatic carbocycles. The number of alkyl halides is 3. The molecule has 0 aliphatic rings. The average molecular weight is 555 g/mol. The van der Waals surface area contributed by atoms with Gasteiger partial charge in [-0.2, -0.15) is 9.78 Å². The van der Waals surface area contributed by atoms with Gasteiger partial charge in [0.05, 0.1) is 15.7 Å². The number of hydrogen-bond donors (Lipinski definition) is 3. The molecule has 0 unspecified atom stereocenters. The van der Waals surface area contributed by atoms with Crippen LogP contribution in [-0.4, -0.2) is 26.2 Å².